The number of nitrogens with one attached hydrogen (secondary N) is 1. The van der Waals surface area contributed by atoms with Crippen LogP contribution in [0.4, 0.5) is 5.69 Å². The molecule has 3 N–H and O–H groups in total. The lowest BCUT2D eigenvalue weighted by Gasteiger charge is -2.12. The fourth-order valence-electron chi connectivity index (χ4n) is 2.11. The summed E-state index contributed by atoms with van der Waals surface area (Å²) in [5.41, 5.74) is 2.76. The third kappa shape index (κ3) is 2.81. The minimum atomic E-state index is -0.116. The second kappa shape index (κ2) is 5.58. The minimum Gasteiger partial charge on any atom is -0.504 e. The van der Waals surface area contributed by atoms with Gasteiger partial charge in [0.15, 0.2) is 11.5 Å². The van der Waals surface area contributed by atoms with Crippen LogP contribution in [-0.4, -0.2) is 20.0 Å². The van der Waals surface area contributed by atoms with E-state index in [0.717, 1.165) is 16.9 Å². The first-order chi connectivity index (χ1) is 10.2. The molecular formula is C16H15N3O2. The van der Waals surface area contributed by atoms with Crippen LogP contribution in [0, 0.1) is 0 Å². The van der Waals surface area contributed by atoms with Gasteiger partial charge in [0.2, 0.25) is 0 Å². The van der Waals surface area contributed by atoms with E-state index in [0.29, 0.717) is 6.54 Å². The third-order valence-electron chi connectivity index (χ3n) is 3.18. The second-order valence-electron chi connectivity index (χ2n) is 4.64. The Morgan fingerprint density at radius 3 is 2.62 bits per heavy atom. The Bertz CT molecular complexity index is 739. The van der Waals surface area contributed by atoms with Crippen molar-refractivity contribution in [2.75, 3.05) is 5.32 Å². The summed E-state index contributed by atoms with van der Waals surface area (Å²) >= 11 is 0. The predicted molar refractivity (Wildman–Crippen MR) is 80.7 cm³/mol. The number of aromatic nitrogens is 2. The van der Waals surface area contributed by atoms with Crippen LogP contribution >= 0.6 is 0 Å². The molecule has 1 aromatic heterocycles. The highest BCUT2D eigenvalue weighted by molar-refractivity contribution is 5.60. The average molecular weight is 281 g/mol. The van der Waals surface area contributed by atoms with Crippen LogP contribution in [0.5, 0.6) is 11.5 Å². The average Bonchev–Trinajstić information content (AvgIpc) is 3.03. The van der Waals surface area contributed by atoms with Crippen molar-refractivity contribution >= 4 is 5.69 Å². The number of anilines is 1. The van der Waals surface area contributed by atoms with Crippen LogP contribution in [0.2, 0.25) is 0 Å². The Kier molecular flexibility index (Phi) is 3.47. The highest BCUT2D eigenvalue weighted by Gasteiger charge is 2.05. The van der Waals surface area contributed by atoms with E-state index in [1.54, 1.807) is 23.0 Å². The maximum absolute atomic E-state index is 9.51. The van der Waals surface area contributed by atoms with Crippen molar-refractivity contribution < 1.29 is 10.2 Å². The number of aromatic hydroxyl groups is 2. The molecule has 0 saturated heterocycles. The fraction of sp³-hybridized carbons (Fsp3) is 0.0625. The summed E-state index contributed by atoms with van der Waals surface area (Å²) in [5.74, 6) is -0.231. The van der Waals surface area contributed by atoms with Crippen molar-refractivity contribution in [1.29, 1.82) is 0 Å². The summed E-state index contributed by atoms with van der Waals surface area (Å²) in [7, 11) is 0. The Hall–Kier alpha value is -2.95. The Morgan fingerprint density at radius 1 is 1.00 bits per heavy atom. The van der Waals surface area contributed by atoms with Gasteiger partial charge >= 0.3 is 0 Å². The monoisotopic (exact) mass is 281 g/mol. The van der Waals surface area contributed by atoms with Gasteiger partial charge in [0.1, 0.15) is 0 Å². The summed E-state index contributed by atoms with van der Waals surface area (Å²) in [6, 6.07) is 14.5. The van der Waals surface area contributed by atoms with E-state index in [2.05, 4.69) is 10.4 Å². The van der Waals surface area contributed by atoms with E-state index < -0.39 is 0 Å². The van der Waals surface area contributed by atoms with E-state index in [9.17, 15) is 10.2 Å². The van der Waals surface area contributed by atoms with Gasteiger partial charge in [0, 0.05) is 18.9 Å². The second-order valence-corrected chi connectivity index (χ2v) is 4.64. The standard InChI is InChI=1S/C16H15N3O2/c20-15-7-6-12(10-16(15)21)11-17-13-4-1-2-5-14(13)19-9-3-8-18-19/h1-10,17,20-21H,11H2. The number of phenolic OH excluding ortho intramolecular Hbond substituents is 2. The van der Waals surface area contributed by atoms with Gasteiger partial charge in [-0.2, -0.15) is 5.10 Å². The molecule has 0 spiro atoms. The molecule has 5 nitrogen and oxygen atoms in total. The number of rotatable bonds is 4. The first-order valence-corrected chi connectivity index (χ1v) is 6.58. The molecule has 2 aromatic carbocycles. The third-order valence-corrected chi connectivity index (χ3v) is 3.18. The van der Waals surface area contributed by atoms with Crippen LogP contribution in [0.1, 0.15) is 5.56 Å². The molecule has 21 heavy (non-hydrogen) atoms. The lowest BCUT2D eigenvalue weighted by atomic mass is 10.2. The summed E-state index contributed by atoms with van der Waals surface area (Å²) < 4.78 is 1.79. The molecule has 0 amide bonds. The van der Waals surface area contributed by atoms with Crippen LogP contribution in [-0.2, 0) is 6.54 Å². The van der Waals surface area contributed by atoms with Crippen LogP contribution in [0.25, 0.3) is 5.69 Å². The van der Waals surface area contributed by atoms with Crippen molar-refractivity contribution in [2.24, 2.45) is 0 Å². The van der Waals surface area contributed by atoms with E-state index in [1.165, 1.54) is 6.07 Å². The molecule has 0 aliphatic carbocycles. The topological polar surface area (TPSA) is 70.3 Å². The van der Waals surface area contributed by atoms with Gasteiger partial charge < -0.3 is 15.5 Å². The van der Waals surface area contributed by atoms with Crippen molar-refractivity contribution in [1.82, 2.24) is 9.78 Å². The number of hydrogen-bond acceptors (Lipinski definition) is 4. The van der Waals surface area contributed by atoms with Gasteiger partial charge in [-0.3, -0.25) is 0 Å². The first-order valence-electron chi connectivity index (χ1n) is 6.58. The lowest BCUT2D eigenvalue weighted by Crippen LogP contribution is -2.04. The number of para-hydroxylation sites is 2. The molecule has 0 atom stereocenters. The van der Waals surface area contributed by atoms with Crippen molar-refractivity contribution in [3.8, 4) is 17.2 Å². The van der Waals surface area contributed by atoms with Gasteiger partial charge in [-0.05, 0) is 35.9 Å². The predicted octanol–water partition coefficient (Wildman–Crippen LogP) is 2.90. The van der Waals surface area contributed by atoms with E-state index >= 15 is 0 Å². The zero-order valence-corrected chi connectivity index (χ0v) is 11.3. The number of hydrogen-bond donors (Lipinski definition) is 3. The molecule has 0 saturated carbocycles. The molecule has 3 rings (SSSR count). The molecule has 106 valence electrons. The zero-order valence-electron chi connectivity index (χ0n) is 11.3. The van der Waals surface area contributed by atoms with E-state index in [4.69, 9.17) is 0 Å². The Labute approximate surface area is 122 Å². The summed E-state index contributed by atoms with van der Waals surface area (Å²) in [5, 5.41) is 26.4. The van der Waals surface area contributed by atoms with Crippen LogP contribution < -0.4 is 5.32 Å². The largest absolute Gasteiger partial charge is 0.504 e. The van der Waals surface area contributed by atoms with Crippen LogP contribution in [0.15, 0.2) is 60.9 Å². The molecular weight excluding hydrogens is 266 g/mol. The maximum Gasteiger partial charge on any atom is 0.157 e. The van der Waals surface area contributed by atoms with Gasteiger partial charge in [-0.15, -0.1) is 0 Å². The first kappa shape index (κ1) is 13.1. The highest BCUT2D eigenvalue weighted by Crippen LogP contribution is 2.26. The van der Waals surface area contributed by atoms with Gasteiger partial charge in [0.05, 0.1) is 11.4 Å². The van der Waals surface area contributed by atoms with Crippen molar-refractivity contribution in [2.45, 2.75) is 6.54 Å². The highest BCUT2D eigenvalue weighted by atomic mass is 16.3. The van der Waals surface area contributed by atoms with Gasteiger partial charge in [-0.25, -0.2) is 4.68 Å². The number of benzene rings is 2. The molecule has 0 unspecified atom stereocenters. The summed E-state index contributed by atoms with van der Waals surface area (Å²) in [6.45, 7) is 0.534. The molecule has 0 aliphatic rings. The van der Waals surface area contributed by atoms with E-state index in [1.807, 2.05) is 36.5 Å². The molecule has 0 bridgehead atoms. The van der Waals surface area contributed by atoms with Crippen LogP contribution in [0.3, 0.4) is 0 Å². The van der Waals surface area contributed by atoms with E-state index in [-0.39, 0.29) is 11.5 Å². The lowest BCUT2D eigenvalue weighted by molar-refractivity contribution is 0.403. The summed E-state index contributed by atoms with van der Waals surface area (Å²) in [6.07, 6.45) is 3.61. The summed E-state index contributed by atoms with van der Waals surface area (Å²) in [4.78, 5) is 0. The van der Waals surface area contributed by atoms with Gasteiger partial charge in [-0.1, -0.05) is 18.2 Å². The number of phenols is 2. The maximum atomic E-state index is 9.51. The Morgan fingerprint density at radius 2 is 1.86 bits per heavy atom. The minimum absolute atomic E-state index is 0.115. The van der Waals surface area contributed by atoms with Gasteiger partial charge in [0.25, 0.3) is 0 Å². The Balaban J connectivity index is 1.81. The molecule has 0 radical (unpaired) electrons. The molecule has 1 heterocycles. The molecule has 3 aromatic rings. The normalized spacial score (nSPS) is 10.5. The van der Waals surface area contributed by atoms with Crippen molar-refractivity contribution in [3.05, 3.63) is 66.5 Å². The van der Waals surface area contributed by atoms with Crippen molar-refractivity contribution in [3.63, 3.8) is 0 Å². The molecule has 0 aliphatic heterocycles. The fourth-order valence-corrected chi connectivity index (χ4v) is 2.11. The zero-order chi connectivity index (χ0) is 14.7. The number of nitrogens with zero attached hydrogens (tertiary/aromatic N) is 2. The smallest absolute Gasteiger partial charge is 0.157 e. The quantitative estimate of drug-likeness (QED) is 0.643. The molecule has 0 fully saturated rings. The molecule has 5 heteroatoms. The SMILES string of the molecule is Oc1ccc(CNc2ccccc2-n2cccn2)cc1O.